The molecule has 4 heterocycles. The number of amides is 2. The van der Waals surface area contributed by atoms with Crippen LogP contribution in [0.15, 0.2) is 69.8 Å². The fourth-order valence-electron chi connectivity index (χ4n) is 4.80. The average molecular weight is 590 g/mol. The van der Waals surface area contributed by atoms with E-state index in [2.05, 4.69) is 25.2 Å². The van der Waals surface area contributed by atoms with Gasteiger partial charge < -0.3 is 15.4 Å². The number of nitrogens with one attached hydrogen (secondary N) is 2. The molecular weight excluding hydrogens is 562 g/mol. The third kappa shape index (κ3) is 5.97. The van der Waals surface area contributed by atoms with E-state index in [1.807, 2.05) is 11.6 Å². The highest BCUT2D eigenvalue weighted by Crippen LogP contribution is 2.42. The van der Waals surface area contributed by atoms with Crippen molar-refractivity contribution < 1.29 is 17.9 Å². The van der Waals surface area contributed by atoms with Crippen molar-refractivity contribution in [2.45, 2.75) is 46.7 Å². The third-order valence-corrected chi connectivity index (χ3v) is 9.95. The Kier molecular flexibility index (Phi) is 7.96. The molecule has 1 spiro atoms. The van der Waals surface area contributed by atoms with Gasteiger partial charge in [-0.05, 0) is 38.0 Å². The summed E-state index contributed by atoms with van der Waals surface area (Å²) in [6.07, 6.45) is 6.82. The highest BCUT2D eigenvalue weighted by Gasteiger charge is 2.47. The van der Waals surface area contributed by atoms with Crippen LogP contribution >= 0.6 is 23.4 Å². The molecule has 2 aliphatic rings. The lowest BCUT2D eigenvalue weighted by Crippen LogP contribution is -2.50. The first-order valence-corrected chi connectivity index (χ1v) is 15.0. The van der Waals surface area contributed by atoms with E-state index in [1.54, 1.807) is 36.7 Å². The summed E-state index contributed by atoms with van der Waals surface area (Å²) >= 11 is 7.72. The molecule has 39 heavy (non-hydrogen) atoms. The quantitative estimate of drug-likeness (QED) is 0.389. The Morgan fingerprint density at radius 1 is 1.15 bits per heavy atom. The van der Waals surface area contributed by atoms with E-state index in [4.69, 9.17) is 22.1 Å². The highest BCUT2D eigenvalue weighted by molar-refractivity contribution is 7.99. The monoisotopic (exact) mass is 589 g/mol. The van der Waals surface area contributed by atoms with E-state index in [0.717, 1.165) is 31.7 Å². The zero-order chi connectivity index (χ0) is 27.6. The van der Waals surface area contributed by atoms with Crippen molar-refractivity contribution >= 4 is 51.1 Å². The summed E-state index contributed by atoms with van der Waals surface area (Å²) in [6, 6.07) is 8.30. The Bertz CT molecular complexity index is 1440. The van der Waals surface area contributed by atoms with Crippen molar-refractivity contribution in [3.63, 3.8) is 0 Å². The summed E-state index contributed by atoms with van der Waals surface area (Å²) in [5.41, 5.74) is 6.46. The average Bonchev–Trinajstić information content (AvgIpc) is 3.20. The van der Waals surface area contributed by atoms with Crippen molar-refractivity contribution in [1.82, 2.24) is 19.7 Å². The lowest BCUT2D eigenvalue weighted by Gasteiger charge is -2.41. The number of ether oxygens (including phenoxy) is 1. The zero-order valence-electron chi connectivity index (χ0n) is 21.1. The molecule has 0 aliphatic carbocycles. The van der Waals surface area contributed by atoms with Crippen molar-refractivity contribution in [2.75, 3.05) is 29.9 Å². The molecule has 2 saturated heterocycles. The Morgan fingerprint density at radius 3 is 2.54 bits per heavy atom. The van der Waals surface area contributed by atoms with Crippen molar-refractivity contribution in [3.05, 3.63) is 60.0 Å². The number of anilines is 2. The predicted molar refractivity (Wildman–Crippen MR) is 148 cm³/mol. The van der Waals surface area contributed by atoms with E-state index in [1.165, 1.54) is 30.1 Å². The minimum Gasteiger partial charge on any atom is -0.376 e. The van der Waals surface area contributed by atoms with Crippen molar-refractivity contribution in [2.24, 2.45) is 11.1 Å². The molecule has 0 unspecified atom stereocenters. The Hall–Kier alpha value is -2.97. The number of piperidine rings is 1. The van der Waals surface area contributed by atoms with E-state index < -0.39 is 16.1 Å². The van der Waals surface area contributed by atoms with E-state index in [0.29, 0.717) is 16.5 Å². The molecular formula is C25H28ClN7O4S2. The fourth-order valence-corrected chi connectivity index (χ4v) is 6.75. The van der Waals surface area contributed by atoms with Crippen LogP contribution in [0.25, 0.3) is 0 Å². The van der Waals surface area contributed by atoms with E-state index in [-0.39, 0.29) is 33.3 Å². The normalized spacial score (nSPS) is 20.6. The standard InChI is InChI=1S/C25H28ClN7O4S2/c1-16-22(27)25(15-37-16)8-11-33(12-9-25)19-13-30-20(14-29-19)38-18-7-10-28-23(21(18)26)31-24(34)32-39(35,36)17-5-3-2-4-6-17/h2-7,10,13-14,16,22H,8-9,11-12,15,27H2,1H3,(H2,28,31,32,34)/t16-,22+/m0/s1. The number of carbonyl (C=O) groups excluding carboxylic acids is 1. The van der Waals surface area contributed by atoms with E-state index >= 15 is 0 Å². The summed E-state index contributed by atoms with van der Waals surface area (Å²) in [6.45, 7) is 4.40. The Balaban J connectivity index is 1.20. The van der Waals surface area contributed by atoms with Gasteiger partial charge in [0, 0.05) is 35.6 Å². The van der Waals surface area contributed by atoms with Crippen LogP contribution in [-0.2, 0) is 14.8 Å². The summed E-state index contributed by atoms with van der Waals surface area (Å²) in [7, 11) is -4.05. The second kappa shape index (κ2) is 11.3. The number of nitrogens with zero attached hydrogens (tertiary/aromatic N) is 4. The zero-order valence-corrected chi connectivity index (χ0v) is 23.5. The molecule has 0 saturated carbocycles. The van der Waals surface area contributed by atoms with Crippen LogP contribution in [0.3, 0.4) is 0 Å². The van der Waals surface area contributed by atoms with Gasteiger partial charge in [-0.1, -0.05) is 41.6 Å². The van der Waals surface area contributed by atoms with Gasteiger partial charge in [0.05, 0.1) is 35.0 Å². The molecule has 2 fully saturated rings. The molecule has 2 amide bonds. The molecule has 4 N–H and O–H groups in total. The number of pyridine rings is 1. The molecule has 5 rings (SSSR count). The van der Waals surface area contributed by atoms with Crippen molar-refractivity contribution in [1.29, 1.82) is 0 Å². The summed E-state index contributed by atoms with van der Waals surface area (Å²) < 4.78 is 32.6. The van der Waals surface area contributed by atoms with Gasteiger partial charge in [-0.15, -0.1) is 0 Å². The number of benzene rings is 1. The molecule has 2 aliphatic heterocycles. The van der Waals surface area contributed by atoms with Gasteiger partial charge in [0.15, 0.2) is 5.82 Å². The van der Waals surface area contributed by atoms with Gasteiger partial charge in [-0.25, -0.2) is 32.9 Å². The maximum absolute atomic E-state index is 12.4. The summed E-state index contributed by atoms with van der Waals surface area (Å²) in [5, 5.41) is 3.14. The van der Waals surface area contributed by atoms with E-state index in [9.17, 15) is 13.2 Å². The van der Waals surface area contributed by atoms with Crippen LogP contribution < -0.4 is 20.7 Å². The van der Waals surface area contributed by atoms with Crippen LogP contribution in [0, 0.1) is 5.41 Å². The molecule has 2 atom stereocenters. The van der Waals surface area contributed by atoms with Gasteiger partial charge in [0.1, 0.15) is 10.8 Å². The molecule has 14 heteroatoms. The molecule has 11 nitrogen and oxygen atoms in total. The Labute approximate surface area is 236 Å². The van der Waals surface area contributed by atoms with Gasteiger partial charge in [-0.2, -0.15) is 0 Å². The maximum Gasteiger partial charge on any atom is 0.334 e. The number of nitrogens with two attached hydrogens (primary N) is 1. The first-order valence-electron chi connectivity index (χ1n) is 12.3. The number of carbonyl (C=O) groups is 1. The van der Waals surface area contributed by atoms with Gasteiger partial charge in [0.2, 0.25) is 0 Å². The largest absolute Gasteiger partial charge is 0.376 e. The number of urea groups is 1. The number of sulfonamides is 1. The molecule has 3 aromatic rings. The molecule has 206 valence electrons. The number of halogens is 1. The van der Waals surface area contributed by atoms with Gasteiger partial charge >= 0.3 is 6.03 Å². The number of hydrogen-bond donors (Lipinski definition) is 3. The lowest BCUT2D eigenvalue weighted by atomic mass is 9.73. The van der Waals surface area contributed by atoms with Crippen LogP contribution in [0.1, 0.15) is 19.8 Å². The minimum absolute atomic E-state index is 0.0117. The molecule has 0 radical (unpaired) electrons. The molecule has 2 aromatic heterocycles. The SMILES string of the molecule is C[C@@H]1OCC2(CCN(c3cnc(Sc4ccnc(NC(=O)NS(=O)(=O)c5ccccc5)c4Cl)cn3)CC2)[C@@H]1N. The summed E-state index contributed by atoms with van der Waals surface area (Å²) in [4.78, 5) is 28.3. The first kappa shape index (κ1) is 27.6. The fraction of sp³-hybridized carbons (Fsp3) is 0.360. The lowest BCUT2D eigenvalue weighted by molar-refractivity contribution is 0.0974. The highest BCUT2D eigenvalue weighted by atomic mass is 35.5. The van der Waals surface area contributed by atoms with Crippen LogP contribution in [0.4, 0.5) is 16.4 Å². The Morgan fingerprint density at radius 2 is 1.90 bits per heavy atom. The number of hydrogen-bond acceptors (Lipinski definition) is 10. The van der Waals surface area contributed by atoms with Crippen molar-refractivity contribution in [3.8, 4) is 0 Å². The molecule has 0 bridgehead atoms. The predicted octanol–water partition coefficient (Wildman–Crippen LogP) is 3.52. The van der Waals surface area contributed by atoms with Gasteiger partial charge in [0.25, 0.3) is 10.0 Å². The second-order valence-corrected chi connectivity index (χ2v) is 12.7. The van der Waals surface area contributed by atoms with Gasteiger partial charge in [-0.3, -0.25) is 5.32 Å². The second-order valence-electron chi connectivity index (χ2n) is 9.55. The number of aromatic nitrogens is 3. The first-order chi connectivity index (χ1) is 18.7. The molecule has 1 aromatic carbocycles. The minimum atomic E-state index is -4.05. The topological polar surface area (TPSA) is 152 Å². The smallest absolute Gasteiger partial charge is 0.334 e. The van der Waals surface area contributed by atoms with Crippen LogP contribution in [-0.4, -0.2) is 61.2 Å². The summed E-state index contributed by atoms with van der Waals surface area (Å²) in [5.74, 6) is 0.798. The van der Waals surface area contributed by atoms with Crippen LogP contribution in [0.2, 0.25) is 5.02 Å². The third-order valence-electron chi connectivity index (χ3n) is 7.13. The van der Waals surface area contributed by atoms with Crippen LogP contribution in [0.5, 0.6) is 0 Å². The number of rotatable bonds is 6. The maximum atomic E-state index is 12.4.